The molecule has 0 spiro atoms. The summed E-state index contributed by atoms with van der Waals surface area (Å²) in [6, 6.07) is 11.5. The van der Waals surface area contributed by atoms with Crippen LogP contribution in [0.3, 0.4) is 0 Å². The van der Waals surface area contributed by atoms with Gasteiger partial charge in [-0.05, 0) is 43.2 Å². The van der Waals surface area contributed by atoms with Gasteiger partial charge in [0.2, 0.25) is 0 Å². The summed E-state index contributed by atoms with van der Waals surface area (Å²) in [5.41, 5.74) is 4.19. The largest absolute Gasteiger partial charge is 0.322 e. The average Bonchev–Trinajstić information content (AvgIpc) is 2.87. The number of pyridine rings is 1. The maximum atomic E-state index is 12.4. The third kappa shape index (κ3) is 2.65. The Morgan fingerprint density at radius 2 is 2.00 bits per heavy atom. The lowest BCUT2D eigenvalue weighted by molar-refractivity contribution is 0.102. The molecule has 0 atom stereocenters. The second-order valence-electron chi connectivity index (χ2n) is 5.04. The molecule has 0 saturated carbocycles. The summed E-state index contributed by atoms with van der Waals surface area (Å²) in [6.07, 6.45) is 4.78. The Morgan fingerprint density at radius 1 is 1.24 bits per heavy atom. The molecule has 1 amide bonds. The number of benzene rings is 1. The molecule has 0 aliphatic carbocycles. The van der Waals surface area contributed by atoms with Crippen molar-refractivity contribution in [1.82, 2.24) is 9.38 Å². The third-order valence-electron chi connectivity index (χ3n) is 3.47. The van der Waals surface area contributed by atoms with Crippen LogP contribution in [0.15, 0.2) is 48.8 Å². The van der Waals surface area contributed by atoms with Crippen molar-refractivity contribution in [2.45, 2.75) is 20.3 Å². The topological polar surface area (TPSA) is 46.4 Å². The van der Waals surface area contributed by atoms with Gasteiger partial charge >= 0.3 is 0 Å². The molecule has 0 aliphatic heterocycles. The number of nitrogens with zero attached hydrogens (tertiary/aromatic N) is 2. The van der Waals surface area contributed by atoms with Gasteiger partial charge in [0.05, 0.1) is 11.3 Å². The van der Waals surface area contributed by atoms with Crippen molar-refractivity contribution in [3.05, 3.63) is 65.6 Å². The molecule has 2 aromatic heterocycles. The summed E-state index contributed by atoms with van der Waals surface area (Å²) >= 11 is 0. The number of carbonyl (C=O) groups is 1. The Hall–Kier alpha value is -2.62. The van der Waals surface area contributed by atoms with Crippen LogP contribution in [0.5, 0.6) is 0 Å². The minimum absolute atomic E-state index is 0.143. The second-order valence-corrected chi connectivity index (χ2v) is 5.04. The van der Waals surface area contributed by atoms with Crippen LogP contribution in [0, 0.1) is 6.92 Å². The van der Waals surface area contributed by atoms with Crippen LogP contribution in [-0.4, -0.2) is 15.3 Å². The lowest BCUT2D eigenvalue weighted by Crippen LogP contribution is -2.13. The van der Waals surface area contributed by atoms with Gasteiger partial charge in [-0.25, -0.2) is 4.98 Å². The molecule has 106 valence electrons. The highest BCUT2D eigenvalue weighted by Gasteiger charge is 2.12. The van der Waals surface area contributed by atoms with E-state index in [1.165, 1.54) is 5.56 Å². The lowest BCUT2D eigenvalue weighted by Gasteiger charge is -2.07. The first-order valence-corrected chi connectivity index (χ1v) is 7.02. The van der Waals surface area contributed by atoms with E-state index in [1.54, 1.807) is 6.07 Å². The quantitative estimate of drug-likeness (QED) is 0.798. The molecule has 1 N–H and O–H groups in total. The van der Waals surface area contributed by atoms with Gasteiger partial charge in [-0.2, -0.15) is 0 Å². The number of aryl methyl sites for hydroxylation is 2. The second kappa shape index (κ2) is 5.40. The standard InChI is InChI=1S/C17H17N3O/c1-3-13-6-8-14(9-7-13)19-17(21)15-5-4-10-20-11-12(2)18-16(15)20/h4-11H,3H2,1-2H3,(H,19,21). The molecule has 0 unspecified atom stereocenters. The zero-order valence-corrected chi connectivity index (χ0v) is 12.1. The molecule has 4 nitrogen and oxygen atoms in total. The van der Waals surface area contributed by atoms with Crippen molar-refractivity contribution in [2.24, 2.45) is 0 Å². The molecule has 0 bridgehead atoms. The van der Waals surface area contributed by atoms with Gasteiger partial charge in [0, 0.05) is 18.1 Å². The van der Waals surface area contributed by atoms with Crippen molar-refractivity contribution >= 4 is 17.2 Å². The normalized spacial score (nSPS) is 10.8. The summed E-state index contributed by atoms with van der Waals surface area (Å²) in [5, 5.41) is 2.92. The molecule has 21 heavy (non-hydrogen) atoms. The Balaban J connectivity index is 1.89. The molecule has 3 rings (SSSR count). The fourth-order valence-electron chi connectivity index (χ4n) is 2.33. The van der Waals surface area contributed by atoms with E-state index in [9.17, 15) is 4.79 Å². The van der Waals surface area contributed by atoms with E-state index in [2.05, 4.69) is 17.2 Å². The predicted octanol–water partition coefficient (Wildman–Crippen LogP) is 3.46. The van der Waals surface area contributed by atoms with Gasteiger partial charge in [-0.15, -0.1) is 0 Å². The molecular formula is C17H17N3O. The highest BCUT2D eigenvalue weighted by atomic mass is 16.1. The van der Waals surface area contributed by atoms with Crippen LogP contribution >= 0.6 is 0 Å². The van der Waals surface area contributed by atoms with Crippen molar-refractivity contribution in [2.75, 3.05) is 5.32 Å². The zero-order valence-electron chi connectivity index (χ0n) is 12.1. The smallest absolute Gasteiger partial charge is 0.259 e. The van der Waals surface area contributed by atoms with Gasteiger partial charge in [0.1, 0.15) is 5.65 Å². The monoisotopic (exact) mass is 279 g/mol. The first-order chi connectivity index (χ1) is 10.2. The maximum absolute atomic E-state index is 12.4. The molecule has 2 heterocycles. The van der Waals surface area contributed by atoms with Crippen molar-refractivity contribution in [1.29, 1.82) is 0 Å². The minimum atomic E-state index is -0.143. The molecular weight excluding hydrogens is 262 g/mol. The van der Waals surface area contributed by atoms with Crippen molar-refractivity contribution < 1.29 is 4.79 Å². The highest BCUT2D eigenvalue weighted by molar-refractivity contribution is 6.08. The fraction of sp³-hybridized carbons (Fsp3) is 0.176. The first kappa shape index (κ1) is 13.4. The van der Waals surface area contributed by atoms with E-state index < -0.39 is 0 Å². The number of aromatic nitrogens is 2. The molecule has 0 saturated heterocycles. The summed E-state index contributed by atoms with van der Waals surface area (Å²) in [5.74, 6) is -0.143. The number of imidazole rings is 1. The van der Waals surface area contributed by atoms with E-state index in [0.29, 0.717) is 11.2 Å². The molecule has 4 heteroatoms. The Labute approximate surface area is 123 Å². The number of anilines is 1. The summed E-state index contributed by atoms with van der Waals surface area (Å²) in [4.78, 5) is 16.8. The number of carbonyl (C=O) groups excluding carboxylic acids is 1. The van der Waals surface area contributed by atoms with Crippen molar-refractivity contribution in [3.63, 3.8) is 0 Å². The van der Waals surface area contributed by atoms with Crippen molar-refractivity contribution in [3.8, 4) is 0 Å². The molecule has 3 aromatic rings. The number of nitrogens with one attached hydrogen (secondary N) is 1. The van der Waals surface area contributed by atoms with Crippen LogP contribution in [0.2, 0.25) is 0 Å². The molecule has 1 aromatic carbocycles. The predicted molar refractivity (Wildman–Crippen MR) is 83.7 cm³/mol. The number of amides is 1. The highest BCUT2D eigenvalue weighted by Crippen LogP contribution is 2.15. The van der Waals surface area contributed by atoms with Crippen LogP contribution in [0.4, 0.5) is 5.69 Å². The SMILES string of the molecule is CCc1ccc(NC(=O)c2cccn3cc(C)nc23)cc1. The summed E-state index contributed by atoms with van der Waals surface area (Å²) in [6.45, 7) is 4.02. The Bertz CT molecular complexity index is 787. The van der Waals surface area contributed by atoms with E-state index in [0.717, 1.165) is 17.8 Å². The third-order valence-corrected chi connectivity index (χ3v) is 3.47. The van der Waals surface area contributed by atoms with Crippen LogP contribution in [-0.2, 0) is 6.42 Å². The lowest BCUT2D eigenvalue weighted by atomic mass is 10.1. The van der Waals surface area contributed by atoms with Gasteiger partial charge in [0.25, 0.3) is 5.91 Å². The Morgan fingerprint density at radius 3 is 2.71 bits per heavy atom. The van der Waals surface area contributed by atoms with Gasteiger partial charge in [-0.1, -0.05) is 19.1 Å². The zero-order chi connectivity index (χ0) is 14.8. The van der Waals surface area contributed by atoms with Crippen LogP contribution < -0.4 is 5.32 Å². The van der Waals surface area contributed by atoms with E-state index >= 15 is 0 Å². The minimum Gasteiger partial charge on any atom is -0.322 e. The van der Waals surface area contributed by atoms with E-state index in [-0.39, 0.29) is 5.91 Å². The summed E-state index contributed by atoms with van der Waals surface area (Å²) in [7, 11) is 0. The molecule has 0 radical (unpaired) electrons. The van der Waals surface area contributed by atoms with E-state index in [1.807, 2.05) is 54.0 Å². The summed E-state index contributed by atoms with van der Waals surface area (Å²) < 4.78 is 1.87. The van der Waals surface area contributed by atoms with Crippen LogP contribution in [0.1, 0.15) is 28.5 Å². The fourth-order valence-corrected chi connectivity index (χ4v) is 2.33. The van der Waals surface area contributed by atoms with Gasteiger partial charge < -0.3 is 9.72 Å². The number of fused-ring (bicyclic) bond motifs is 1. The number of hydrogen-bond acceptors (Lipinski definition) is 2. The Kier molecular flexibility index (Phi) is 3.44. The van der Waals surface area contributed by atoms with E-state index in [4.69, 9.17) is 0 Å². The molecule has 0 aliphatic rings. The average molecular weight is 279 g/mol. The number of hydrogen-bond donors (Lipinski definition) is 1. The number of rotatable bonds is 3. The van der Waals surface area contributed by atoms with Gasteiger partial charge in [-0.3, -0.25) is 4.79 Å². The first-order valence-electron chi connectivity index (χ1n) is 7.02. The molecule has 0 fully saturated rings. The maximum Gasteiger partial charge on any atom is 0.259 e. The van der Waals surface area contributed by atoms with Crippen LogP contribution in [0.25, 0.3) is 5.65 Å². The van der Waals surface area contributed by atoms with Gasteiger partial charge in [0.15, 0.2) is 0 Å².